The molecule has 2 aromatic heterocycles. The summed E-state index contributed by atoms with van der Waals surface area (Å²) in [6.45, 7) is 5.41. The zero-order valence-electron chi connectivity index (χ0n) is 17.5. The van der Waals surface area contributed by atoms with Gasteiger partial charge >= 0.3 is 0 Å². The molecule has 2 aliphatic heterocycles. The molecule has 0 unspecified atom stereocenters. The number of pyridine rings is 1. The number of fused-ring (bicyclic) bond motifs is 2. The molecule has 31 heavy (non-hydrogen) atoms. The number of aryl methyl sites for hydroxylation is 2. The van der Waals surface area contributed by atoms with Gasteiger partial charge in [-0.1, -0.05) is 12.1 Å². The van der Waals surface area contributed by atoms with Gasteiger partial charge in [0.2, 0.25) is 0 Å². The summed E-state index contributed by atoms with van der Waals surface area (Å²) in [5, 5.41) is 2.03. The summed E-state index contributed by atoms with van der Waals surface area (Å²) in [5.74, 6) is 0.712. The number of rotatable bonds is 3. The summed E-state index contributed by atoms with van der Waals surface area (Å²) >= 11 is 0. The molecular weight excluding hydrogens is 396 g/mol. The van der Waals surface area contributed by atoms with Gasteiger partial charge in [0.25, 0.3) is 5.91 Å². The zero-order chi connectivity index (χ0) is 21.4. The van der Waals surface area contributed by atoms with E-state index in [0.29, 0.717) is 43.3 Å². The fourth-order valence-corrected chi connectivity index (χ4v) is 4.24. The number of nitrogens with zero attached hydrogens (tertiary/aromatic N) is 4. The molecule has 2 fully saturated rings. The van der Waals surface area contributed by atoms with Crippen molar-refractivity contribution in [1.29, 1.82) is 0 Å². The largest absolute Gasteiger partial charge is 0.485 e. The van der Waals surface area contributed by atoms with Crippen LogP contribution in [0.15, 0.2) is 43.0 Å². The number of amides is 1. The highest BCUT2D eigenvalue weighted by atomic mass is 16.6. The first-order valence-corrected chi connectivity index (χ1v) is 10.4. The molecule has 0 radical (unpaired) electrons. The van der Waals surface area contributed by atoms with Crippen molar-refractivity contribution < 1.29 is 19.0 Å². The van der Waals surface area contributed by atoms with Crippen LogP contribution in [-0.4, -0.2) is 70.4 Å². The molecule has 0 aliphatic carbocycles. The SMILES string of the molecule is Cc1ncnc(C)c1C(=O)N1C[C@@H]2OCC(Oc3cccc4cnccc34)CO[C@H]2C1. The van der Waals surface area contributed by atoms with Crippen molar-refractivity contribution in [1.82, 2.24) is 19.9 Å². The highest BCUT2D eigenvalue weighted by molar-refractivity contribution is 5.96. The highest BCUT2D eigenvalue weighted by Crippen LogP contribution is 2.28. The molecule has 1 aromatic carbocycles. The molecule has 160 valence electrons. The summed E-state index contributed by atoms with van der Waals surface area (Å²) in [4.78, 5) is 27.3. The van der Waals surface area contributed by atoms with Crippen molar-refractivity contribution in [2.75, 3.05) is 26.3 Å². The van der Waals surface area contributed by atoms with Crippen LogP contribution in [-0.2, 0) is 9.47 Å². The lowest BCUT2D eigenvalue weighted by Gasteiger charge is -2.21. The zero-order valence-corrected chi connectivity index (χ0v) is 17.5. The number of hydrogen-bond acceptors (Lipinski definition) is 7. The molecule has 1 amide bonds. The van der Waals surface area contributed by atoms with E-state index < -0.39 is 0 Å². The third kappa shape index (κ3) is 3.84. The first-order valence-electron chi connectivity index (χ1n) is 10.4. The predicted octanol–water partition coefficient (Wildman–Crippen LogP) is 2.33. The maximum absolute atomic E-state index is 13.1. The van der Waals surface area contributed by atoms with Gasteiger partial charge in [0.1, 0.15) is 30.4 Å². The van der Waals surface area contributed by atoms with Crippen LogP contribution in [0.4, 0.5) is 0 Å². The van der Waals surface area contributed by atoms with Crippen molar-refractivity contribution in [2.45, 2.75) is 32.2 Å². The van der Waals surface area contributed by atoms with Crippen LogP contribution >= 0.6 is 0 Å². The van der Waals surface area contributed by atoms with Crippen molar-refractivity contribution in [3.63, 3.8) is 0 Å². The van der Waals surface area contributed by atoms with Crippen LogP contribution < -0.4 is 4.74 Å². The average Bonchev–Trinajstić information content (AvgIpc) is 3.10. The third-order valence-electron chi connectivity index (χ3n) is 5.87. The lowest BCUT2D eigenvalue weighted by Crippen LogP contribution is -2.33. The Bertz CT molecular complexity index is 1080. The summed E-state index contributed by atoms with van der Waals surface area (Å²) in [6, 6.07) is 7.85. The number of likely N-dealkylation sites (tertiary alicyclic amines) is 1. The Morgan fingerprint density at radius 3 is 2.48 bits per heavy atom. The van der Waals surface area contributed by atoms with Gasteiger partial charge in [0.05, 0.1) is 30.2 Å². The van der Waals surface area contributed by atoms with E-state index >= 15 is 0 Å². The second kappa shape index (κ2) is 8.20. The first-order chi connectivity index (χ1) is 15.1. The third-order valence-corrected chi connectivity index (χ3v) is 5.87. The van der Waals surface area contributed by atoms with E-state index in [1.807, 2.05) is 44.3 Å². The number of benzene rings is 1. The van der Waals surface area contributed by atoms with Crippen molar-refractivity contribution in [3.8, 4) is 5.75 Å². The minimum absolute atomic E-state index is 0.0759. The molecule has 2 saturated heterocycles. The van der Waals surface area contributed by atoms with Crippen LogP contribution in [0.1, 0.15) is 21.7 Å². The molecule has 4 heterocycles. The molecule has 0 spiro atoms. The Kier molecular flexibility index (Phi) is 5.25. The van der Waals surface area contributed by atoms with Crippen molar-refractivity contribution in [3.05, 3.63) is 59.9 Å². The normalized spacial score (nSPS) is 21.7. The maximum atomic E-state index is 13.1. The van der Waals surface area contributed by atoms with Crippen LogP contribution in [0.3, 0.4) is 0 Å². The average molecular weight is 420 g/mol. The van der Waals surface area contributed by atoms with Crippen LogP contribution in [0.2, 0.25) is 0 Å². The summed E-state index contributed by atoms with van der Waals surface area (Å²) in [5.41, 5.74) is 1.93. The summed E-state index contributed by atoms with van der Waals surface area (Å²) < 4.78 is 18.4. The molecule has 3 aromatic rings. The standard InChI is InChI=1S/C23H24N4O4/c1-14-22(15(2)26-13-25-14)23(28)27-9-20-21(10-27)30-12-17(11-29-20)31-19-5-3-4-16-8-24-7-6-18(16)19/h3-8,13,17,20-21H,9-12H2,1-2H3/t20-,21-/m0/s1. The second-order valence-corrected chi connectivity index (χ2v) is 7.97. The Balaban J connectivity index is 1.25. The molecule has 2 aliphatic rings. The molecule has 0 saturated carbocycles. The number of carbonyl (C=O) groups excluding carboxylic acids is 1. The summed E-state index contributed by atoms with van der Waals surface area (Å²) in [6.07, 6.45) is 4.47. The van der Waals surface area contributed by atoms with Crippen LogP contribution in [0, 0.1) is 13.8 Å². The minimum Gasteiger partial charge on any atom is -0.485 e. The van der Waals surface area contributed by atoms with Gasteiger partial charge in [-0.2, -0.15) is 0 Å². The van der Waals surface area contributed by atoms with Crippen molar-refractivity contribution >= 4 is 16.7 Å². The minimum atomic E-state index is -0.222. The van der Waals surface area contributed by atoms with Crippen LogP contribution in [0.5, 0.6) is 5.75 Å². The lowest BCUT2D eigenvalue weighted by atomic mass is 10.1. The molecule has 0 N–H and O–H groups in total. The number of hydrogen-bond donors (Lipinski definition) is 0. The Hall–Kier alpha value is -3.10. The highest BCUT2D eigenvalue weighted by Gasteiger charge is 2.40. The Labute approximate surface area is 180 Å². The number of ether oxygens (including phenoxy) is 3. The van der Waals surface area contributed by atoms with Crippen molar-refractivity contribution in [2.24, 2.45) is 0 Å². The molecular formula is C23H24N4O4. The second-order valence-electron chi connectivity index (χ2n) is 7.97. The van der Waals surface area contributed by atoms with E-state index in [1.165, 1.54) is 6.33 Å². The molecule has 8 heteroatoms. The van der Waals surface area contributed by atoms with E-state index in [1.54, 1.807) is 11.1 Å². The molecule has 0 bridgehead atoms. The molecule has 5 rings (SSSR count). The van der Waals surface area contributed by atoms with Gasteiger partial charge < -0.3 is 19.1 Å². The van der Waals surface area contributed by atoms with Gasteiger partial charge in [-0.3, -0.25) is 9.78 Å². The quantitative estimate of drug-likeness (QED) is 0.643. The lowest BCUT2D eigenvalue weighted by molar-refractivity contribution is -0.00461. The van der Waals surface area contributed by atoms with Gasteiger partial charge in [-0.05, 0) is 26.0 Å². The Morgan fingerprint density at radius 1 is 1.06 bits per heavy atom. The summed E-state index contributed by atoms with van der Waals surface area (Å²) in [7, 11) is 0. The van der Waals surface area contributed by atoms with Gasteiger partial charge in [0, 0.05) is 36.3 Å². The predicted molar refractivity (Wildman–Crippen MR) is 113 cm³/mol. The Morgan fingerprint density at radius 2 is 1.77 bits per heavy atom. The molecule has 8 nitrogen and oxygen atoms in total. The first kappa shape index (κ1) is 19.8. The topological polar surface area (TPSA) is 86.7 Å². The smallest absolute Gasteiger partial charge is 0.257 e. The van der Waals surface area contributed by atoms with Gasteiger partial charge in [-0.15, -0.1) is 0 Å². The van der Waals surface area contributed by atoms with Crippen LogP contribution in [0.25, 0.3) is 10.8 Å². The van der Waals surface area contributed by atoms with Gasteiger partial charge in [0.15, 0.2) is 0 Å². The monoisotopic (exact) mass is 420 g/mol. The van der Waals surface area contributed by atoms with E-state index in [9.17, 15) is 4.79 Å². The van der Waals surface area contributed by atoms with Gasteiger partial charge in [-0.25, -0.2) is 9.97 Å². The number of carbonyl (C=O) groups is 1. The van der Waals surface area contributed by atoms with E-state index in [4.69, 9.17) is 14.2 Å². The van der Waals surface area contributed by atoms with E-state index in [0.717, 1.165) is 16.5 Å². The maximum Gasteiger partial charge on any atom is 0.257 e. The molecule has 2 atom stereocenters. The fraction of sp³-hybridized carbons (Fsp3) is 0.391. The fourth-order valence-electron chi connectivity index (χ4n) is 4.24. The van der Waals surface area contributed by atoms with E-state index in [-0.39, 0.29) is 24.2 Å². The number of aromatic nitrogens is 3. The van der Waals surface area contributed by atoms with E-state index in [2.05, 4.69) is 15.0 Å².